The zero-order valence-electron chi connectivity index (χ0n) is 11.7. The standard InChI is InChI=1S/C16H17F3O2/c1-15-11(7-8-12(15)16(17,18)19)13(15)14(20)21-9-10-5-3-2-4-6-10/h2-6,11-13H,7-9H2,1H3/t11-,12?,13?,15?/m0/s1. The van der Waals surface area contributed by atoms with Crippen molar-refractivity contribution in [3.8, 4) is 0 Å². The summed E-state index contributed by atoms with van der Waals surface area (Å²) >= 11 is 0. The minimum atomic E-state index is -4.22. The van der Waals surface area contributed by atoms with Crippen molar-refractivity contribution in [1.29, 1.82) is 0 Å². The van der Waals surface area contributed by atoms with Gasteiger partial charge in [0.05, 0.1) is 11.8 Å². The molecule has 0 amide bonds. The Bertz CT molecular complexity index is 540. The zero-order valence-corrected chi connectivity index (χ0v) is 11.7. The third kappa shape index (κ3) is 2.32. The summed E-state index contributed by atoms with van der Waals surface area (Å²) in [5.74, 6) is -2.63. The van der Waals surface area contributed by atoms with Gasteiger partial charge >= 0.3 is 12.1 Å². The predicted octanol–water partition coefficient (Wildman–Crippen LogP) is 3.95. The van der Waals surface area contributed by atoms with Crippen molar-refractivity contribution in [3.05, 3.63) is 35.9 Å². The lowest BCUT2D eigenvalue weighted by molar-refractivity contribution is -0.192. The van der Waals surface area contributed by atoms with E-state index in [0.717, 1.165) is 5.56 Å². The van der Waals surface area contributed by atoms with Crippen LogP contribution < -0.4 is 0 Å². The quantitative estimate of drug-likeness (QED) is 0.790. The third-order valence-corrected chi connectivity index (χ3v) is 5.15. The van der Waals surface area contributed by atoms with E-state index in [9.17, 15) is 18.0 Å². The number of ether oxygens (including phenoxy) is 1. The Morgan fingerprint density at radius 1 is 1.29 bits per heavy atom. The van der Waals surface area contributed by atoms with E-state index in [1.54, 1.807) is 6.92 Å². The van der Waals surface area contributed by atoms with Crippen molar-refractivity contribution in [2.45, 2.75) is 32.5 Å². The van der Waals surface area contributed by atoms with Gasteiger partial charge in [0.25, 0.3) is 0 Å². The maximum atomic E-state index is 13.0. The molecular weight excluding hydrogens is 281 g/mol. The van der Waals surface area contributed by atoms with Gasteiger partial charge in [-0.05, 0) is 29.7 Å². The van der Waals surface area contributed by atoms with E-state index >= 15 is 0 Å². The molecule has 4 atom stereocenters. The fourth-order valence-electron chi connectivity index (χ4n) is 3.99. The topological polar surface area (TPSA) is 26.3 Å². The molecule has 0 radical (unpaired) electrons. The molecule has 1 aromatic carbocycles. The van der Waals surface area contributed by atoms with Gasteiger partial charge in [-0.25, -0.2) is 0 Å². The summed E-state index contributed by atoms with van der Waals surface area (Å²) in [5.41, 5.74) is -0.111. The SMILES string of the molecule is CC12C(C(=O)OCc3ccccc3)[C@@H]1CCC2C(F)(F)F. The van der Waals surface area contributed by atoms with E-state index in [4.69, 9.17) is 4.74 Å². The molecule has 21 heavy (non-hydrogen) atoms. The number of alkyl halides is 3. The number of carbonyl (C=O) groups excluding carboxylic acids is 1. The average Bonchev–Trinajstić information content (AvgIpc) is 2.85. The maximum absolute atomic E-state index is 13.0. The van der Waals surface area contributed by atoms with E-state index in [1.807, 2.05) is 30.3 Å². The molecule has 2 aliphatic carbocycles. The summed E-state index contributed by atoms with van der Waals surface area (Å²) in [4.78, 5) is 12.1. The fraction of sp³-hybridized carbons (Fsp3) is 0.562. The number of hydrogen-bond acceptors (Lipinski definition) is 2. The number of benzene rings is 1. The van der Waals surface area contributed by atoms with Crippen LogP contribution in [0.25, 0.3) is 0 Å². The maximum Gasteiger partial charge on any atom is 0.392 e. The lowest BCUT2D eigenvalue weighted by Crippen LogP contribution is -2.31. The molecule has 0 bridgehead atoms. The van der Waals surface area contributed by atoms with Crippen LogP contribution in [0.15, 0.2) is 30.3 Å². The van der Waals surface area contributed by atoms with Crippen molar-refractivity contribution in [1.82, 2.24) is 0 Å². The van der Waals surface area contributed by atoms with Crippen LogP contribution in [0.2, 0.25) is 0 Å². The van der Waals surface area contributed by atoms with Gasteiger partial charge in [-0.2, -0.15) is 13.2 Å². The van der Waals surface area contributed by atoms with Gasteiger partial charge in [0.2, 0.25) is 0 Å². The first-order chi connectivity index (χ1) is 9.85. The number of esters is 1. The van der Waals surface area contributed by atoms with Crippen LogP contribution in [0.4, 0.5) is 13.2 Å². The molecule has 0 aromatic heterocycles. The van der Waals surface area contributed by atoms with Gasteiger partial charge in [0.1, 0.15) is 6.61 Å². The molecule has 0 spiro atoms. The smallest absolute Gasteiger partial charge is 0.392 e. The summed E-state index contributed by atoms with van der Waals surface area (Å²) in [5, 5.41) is 0. The summed E-state index contributed by atoms with van der Waals surface area (Å²) in [6.07, 6.45) is -3.63. The molecule has 2 aliphatic rings. The largest absolute Gasteiger partial charge is 0.461 e. The summed E-state index contributed by atoms with van der Waals surface area (Å²) in [6.45, 7) is 1.70. The van der Waals surface area contributed by atoms with E-state index < -0.39 is 29.4 Å². The van der Waals surface area contributed by atoms with Crippen molar-refractivity contribution in [3.63, 3.8) is 0 Å². The van der Waals surface area contributed by atoms with Crippen molar-refractivity contribution < 1.29 is 22.7 Å². The first-order valence-corrected chi connectivity index (χ1v) is 7.12. The van der Waals surface area contributed by atoms with Gasteiger partial charge in [-0.3, -0.25) is 4.79 Å². The second-order valence-electron chi connectivity index (χ2n) is 6.22. The molecule has 3 unspecified atom stereocenters. The van der Waals surface area contributed by atoms with Gasteiger partial charge in [-0.15, -0.1) is 0 Å². The Labute approximate surface area is 121 Å². The monoisotopic (exact) mass is 298 g/mol. The van der Waals surface area contributed by atoms with E-state index in [0.29, 0.717) is 6.42 Å². The number of rotatable bonds is 3. The minimum absolute atomic E-state index is 0.121. The van der Waals surface area contributed by atoms with Crippen molar-refractivity contribution in [2.75, 3.05) is 0 Å². The third-order valence-electron chi connectivity index (χ3n) is 5.15. The average molecular weight is 298 g/mol. The molecule has 0 N–H and O–H groups in total. The number of hydrogen-bond donors (Lipinski definition) is 0. The van der Waals surface area contributed by atoms with Gasteiger partial charge in [-0.1, -0.05) is 37.3 Å². The highest BCUT2D eigenvalue weighted by atomic mass is 19.4. The number of halogens is 3. The van der Waals surface area contributed by atoms with Gasteiger partial charge in [0.15, 0.2) is 0 Å². The van der Waals surface area contributed by atoms with Crippen LogP contribution in [0.3, 0.4) is 0 Å². The first-order valence-electron chi connectivity index (χ1n) is 7.12. The van der Waals surface area contributed by atoms with Crippen molar-refractivity contribution in [2.24, 2.45) is 23.2 Å². The summed E-state index contributed by atoms with van der Waals surface area (Å²) in [6, 6.07) is 9.15. The first kappa shape index (κ1) is 14.4. The molecule has 0 aliphatic heterocycles. The molecule has 3 rings (SSSR count). The van der Waals surface area contributed by atoms with Crippen molar-refractivity contribution >= 4 is 5.97 Å². The molecule has 2 fully saturated rings. The van der Waals surface area contributed by atoms with Crippen LogP contribution in [0.1, 0.15) is 25.3 Å². The number of carbonyl (C=O) groups is 1. The van der Waals surface area contributed by atoms with Crippen LogP contribution >= 0.6 is 0 Å². The van der Waals surface area contributed by atoms with E-state index in [2.05, 4.69) is 0 Å². The highest BCUT2D eigenvalue weighted by Gasteiger charge is 2.76. The Hall–Kier alpha value is -1.52. The van der Waals surface area contributed by atoms with Crippen LogP contribution in [0, 0.1) is 23.2 Å². The second kappa shape index (κ2) is 4.75. The molecule has 0 heterocycles. The minimum Gasteiger partial charge on any atom is -0.461 e. The Morgan fingerprint density at radius 3 is 2.57 bits per heavy atom. The lowest BCUT2D eigenvalue weighted by Gasteiger charge is -2.23. The molecular formula is C16H17F3O2. The molecule has 2 saturated carbocycles. The molecule has 5 heteroatoms. The van der Waals surface area contributed by atoms with Gasteiger partial charge < -0.3 is 4.74 Å². The fourth-order valence-corrected chi connectivity index (χ4v) is 3.99. The predicted molar refractivity (Wildman–Crippen MR) is 70.1 cm³/mol. The zero-order chi connectivity index (χ0) is 15.3. The Morgan fingerprint density at radius 2 is 1.95 bits per heavy atom. The Kier molecular flexibility index (Phi) is 3.26. The van der Waals surface area contributed by atoms with Crippen LogP contribution in [-0.2, 0) is 16.1 Å². The highest BCUT2D eigenvalue weighted by molar-refractivity contribution is 5.78. The van der Waals surface area contributed by atoms with Gasteiger partial charge in [0, 0.05) is 0 Å². The second-order valence-corrected chi connectivity index (χ2v) is 6.22. The number of fused-ring (bicyclic) bond motifs is 1. The highest BCUT2D eigenvalue weighted by Crippen LogP contribution is 2.73. The molecule has 0 saturated heterocycles. The lowest BCUT2D eigenvalue weighted by atomic mass is 9.88. The van der Waals surface area contributed by atoms with Crippen LogP contribution in [-0.4, -0.2) is 12.1 Å². The van der Waals surface area contributed by atoms with E-state index in [1.165, 1.54) is 0 Å². The van der Waals surface area contributed by atoms with Crippen LogP contribution in [0.5, 0.6) is 0 Å². The summed E-state index contributed by atoms with van der Waals surface area (Å²) < 4.78 is 44.3. The molecule has 2 nitrogen and oxygen atoms in total. The summed E-state index contributed by atoms with van der Waals surface area (Å²) in [7, 11) is 0. The molecule has 1 aromatic rings. The Balaban J connectivity index is 1.63. The normalized spacial score (nSPS) is 34.4. The van der Waals surface area contributed by atoms with E-state index in [-0.39, 0.29) is 18.9 Å². The molecule has 114 valence electrons.